The summed E-state index contributed by atoms with van der Waals surface area (Å²) in [6.45, 7) is 0. The summed E-state index contributed by atoms with van der Waals surface area (Å²) in [6, 6.07) is 31.6. The Morgan fingerprint density at radius 1 is 0.680 bits per heavy atom. The zero-order valence-corrected chi connectivity index (χ0v) is 15.5. The summed E-state index contributed by atoms with van der Waals surface area (Å²) < 4.78 is 0. The van der Waals surface area contributed by atoms with E-state index >= 15 is 0 Å². The highest BCUT2D eigenvalue weighted by atomic mass is 35.5. The molecule has 3 rings (SSSR count). The molecule has 3 aromatic carbocycles. The molecule has 2 N–H and O–H groups in total. The van der Waals surface area contributed by atoms with Crippen LogP contribution in [0, 0.1) is 0 Å². The molecule has 0 saturated carbocycles. The molecule has 0 radical (unpaired) electrons. The van der Waals surface area contributed by atoms with Crippen LogP contribution in [-0.2, 0) is 4.79 Å². The van der Waals surface area contributed by atoms with Crippen LogP contribution < -0.4 is 34.1 Å². The average Bonchev–Trinajstić information content (AvgIpc) is 2.65. The molecule has 1 amide bonds. The first-order valence-electron chi connectivity index (χ1n) is 8.07. The van der Waals surface area contributed by atoms with Crippen molar-refractivity contribution in [2.24, 2.45) is 5.73 Å². The van der Waals surface area contributed by atoms with Crippen LogP contribution in [0.3, 0.4) is 0 Å². The molecule has 0 atom stereocenters. The van der Waals surface area contributed by atoms with E-state index in [2.05, 4.69) is 72.8 Å². The first-order valence-corrected chi connectivity index (χ1v) is 10.0. The van der Waals surface area contributed by atoms with Crippen LogP contribution in [0.4, 0.5) is 0 Å². The lowest BCUT2D eigenvalue weighted by Crippen LogP contribution is -3.00. The van der Waals surface area contributed by atoms with Gasteiger partial charge in [-0.1, -0.05) is 54.6 Å². The largest absolute Gasteiger partial charge is 1.00 e. The molecule has 128 valence electrons. The lowest BCUT2D eigenvalue weighted by molar-refractivity contribution is -0.117. The van der Waals surface area contributed by atoms with Crippen molar-refractivity contribution in [1.82, 2.24) is 0 Å². The first kappa shape index (κ1) is 19.2. The van der Waals surface area contributed by atoms with Crippen LogP contribution in [0.15, 0.2) is 91.0 Å². The molecule has 0 aliphatic rings. The van der Waals surface area contributed by atoms with Gasteiger partial charge >= 0.3 is 0 Å². The van der Waals surface area contributed by atoms with Gasteiger partial charge in [-0.3, -0.25) is 4.79 Å². The SMILES string of the molecule is NC(=O)CC[P+](c1ccccc1)(c1ccccc1)c1ccccc1.[Cl-]. The molecule has 0 fully saturated rings. The normalized spacial score (nSPS) is 10.7. The van der Waals surface area contributed by atoms with Crippen molar-refractivity contribution >= 4 is 29.1 Å². The van der Waals surface area contributed by atoms with Gasteiger partial charge in [-0.15, -0.1) is 0 Å². The summed E-state index contributed by atoms with van der Waals surface area (Å²) in [6.07, 6.45) is 1.13. The van der Waals surface area contributed by atoms with E-state index in [0.29, 0.717) is 6.42 Å². The minimum Gasteiger partial charge on any atom is -1.00 e. The molecule has 0 spiro atoms. The van der Waals surface area contributed by atoms with Gasteiger partial charge in [-0.2, -0.15) is 0 Å². The fourth-order valence-electron chi connectivity index (χ4n) is 3.16. The number of carbonyl (C=O) groups excluding carboxylic acids is 1. The number of halogens is 1. The van der Waals surface area contributed by atoms with Crippen molar-refractivity contribution in [3.63, 3.8) is 0 Å². The van der Waals surface area contributed by atoms with Crippen LogP contribution >= 0.6 is 7.26 Å². The predicted octanol–water partition coefficient (Wildman–Crippen LogP) is -0.140. The Kier molecular flexibility index (Phi) is 6.75. The zero-order chi connectivity index (χ0) is 16.8. The molecule has 0 bridgehead atoms. The quantitative estimate of drug-likeness (QED) is 0.604. The van der Waals surface area contributed by atoms with Crippen LogP contribution in [-0.4, -0.2) is 12.1 Å². The van der Waals surface area contributed by atoms with Gasteiger partial charge in [0.2, 0.25) is 5.91 Å². The number of hydrogen-bond acceptors (Lipinski definition) is 1. The Labute approximate surface area is 155 Å². The van der Waals surface area contributed by atoms with E-state index in [-0.39, 0.29) is 18.3 Å². The van der Waals surface area contributed by atoms with Gasteiger partial charge in [0.05, 0.1) is 12.6 Å². The highest BCUT2D eigenvalue weighted by molar-refractivity contribution is 7.95. The number of benzene rings is 3. The van der Waals surface area contributed by atoms with Gasteiger partial charge < -0.3 is 18.1 Å². The Morgan fingerprint density at radius 2 is 1.00 bits per heavy atom. The second-order valence-electron chi connectivity index (χ2n) is 5.76. The van der Waals surface area contributed by atoms with Gasteiger partial charge in [-0.25, -0.2) is 0 Å². The first-order chi connectivity index (χ1) is 11.7. The van der Waals surface area contributed by atoms with Crippen molar-refractivity contribution in [2.75, 3.05) is 6.16 Å². The number of nitrogens with two attached hydrogens (primary N) is 1. The topological polar surface area (TPSA) is 43.1 Å². The Morgan fingerprint density at radius 3 is 1.28 bits per heavy atom. The molecule has 0 aromatic heterocycles. The van der Waals surface area contributed by atoms with Crippen molar-refractivity contribution in [1.29, 1.82) is 0 Å². The van der Waals surface area contributed by atoms with Crippen molar-refractivity contribution in [3.8, 4) is 0 Å². The van der Waals surface area contributed by atoms with E-state index < -0.39 is 7.26 Å². The standard InChI is InChI=1S/C21H20NOP.ClH/c22-21(23)16-17-24(18-10-4-1-5-11-18,19-12-6-2-7-13-19)20-14-8-3-9-15-20;/h1-15H,16-17H2,(H-,22,23);1H. The van der Waals surface area contributed by atoms with Crippen LogP contribution in [0.25, 0.3) is 0 Å². The van der Waals surface area contributed by atoms with Crippen molar-refractivity contribution in [2.45, 2.75) is 6.42 Å². The summed E-state index contributed by atoms with van der Waals surface area (Å²) in [5.74, 6) is -0.248. The third-order valence-corrected chi connectivity index (χ3v) is 8.72. The second kappa shape index (κ2) is 8.80. The summed E-state index contributed by atoms with van der Waals surface area (Å²) in [5, 5.41) is 3.84. The Bertz CT molecular complexity index is 697. The molecule has 25 heavy (non-hydrogen) atoms. The maximum absolute atomic E-state index is 11.6. The Hall–Kier alpha value is -2.15. The summed E-state index contributed by atoms with van der Waals surface area (Å²) in [5.41, 5.74) is 5.51. The average molecular weight is 370 g/mol. The third kappa shape index (κ3) is 4.10. The van der Waals surface area contributed by atoms with E-state index in [1.54, 1.807) is 0 Å². The zero-order valence-electron chi connectivity index (χ0n) is 13.9. The summed E-state index contributed by atoms with van der Waals surface area (Å²) in [7, 11) is -1.91. The number of amides is 1. The van der Waals surface area contributed by atoms with Crippen molar-refractivity contribution < 1.29 is 17.2 Å². The van der Waals surface area contributed by atoms with Crippen LogP contribution in [0.5, 0.6) is 0 Å². The summed E-state index contributed by atoms with van der Waals surface area (Å²) in [4.78, 5) is 11.6. The number of carbonyl (C=O) groups is 1. The molecule has 0 aliphatic carbocycles. The lowest BCUT2D eigenvalue weighted by atomic mass is 10.3. The minimum absolute atomic E-state index is 0. The molecule has 0 saturated heterocycles. The van der Waals surface area contributed by atoms with Gasteiger partial charge in [-0.05, 0) is 36.4 Å². The molecule has 0 heterocycles. The van der Waals surface area contributed by atoms with Crippen molar-refractivity contribution in [3.05, 3.63) is 91.0 Å². The van der Waals surface area contributed by atoms with Gasteiger partial charge in [0.15, 0.2) is 0 Å². The highest BCUT2D eigenvalue weighted by Gasteiger charge is 2.44. The second-order valence-corrected chi connectivity index (χ2v) is 9.37. The predicted molar refractivity (Wildman–Crippen MR) is 104 cm³/mol. The van der Waals surface area contributed by atoms with Gasteiger partial charge in [0.1, 0.15) is 23.2 Å². The van der Waals surface area contributed by atoms with Gasteiger partial charge in [0, 0.05) is 0 Å². The van der Waals surface area contributed by atoms with E-state index in [1.165, 1.54) is 15.9 Å². The molecular weight excluding hydrogens is 349 g/mol. The number of primary amides is 1. The molecule has 0 aliphatic heterocycles. The van der Waals surface area contributed by atoms with E-state index in [4.69, 9.17) is 5.73 Å². The fourth-order valence-corrected chi connectivity index (χ4v) is 7.43. The summed E-state index contributed by atoms with van der Waals surface area (Å²) >= 11 is 0. The smallest absolute Gasteiger partial charge is 0.221 e. The highest BCUT2D eigenvalue weighted by Crippen LogP contribution is 2.55. The maximum Gasteiger partial charge on any atom is 0.221 e. The molecule has 2 nitrogen and oxygen atoms in total. The molecule has 0 unspecified atom stereocenters. The maximum atomic E-state index is 11.6. The monoisotopic (exact) mass is 369 g/mol. The van der Waals surface area contributed by atoms with Crippen LogP contribution in [0.1, 0.15) is 6.42 Å². The van der Waals surface area contributed by atoms with E-state index in [9.17, 15) is 4.79 Å². The van der Waals surface area contributed by atoms with Gasteiger partial charge in [0.25, 0.3) is 0 Å². The minimum atomic E-state index is -1.91. The van der Waals surface area contributed by atoms with E-state index in [0.717, 1.165) is 6.16 Å². The number of rotatable bonds is 6. The van der Waals surface area contributed by atoms with E-state index in [1.807, 2.05) is 18.2 Å². The third-order valence-electron chi connectivity index (χ3n) is 4.28. The lowest BCUT2D eigenvalue weighted by Gasteiger charge is -2.27. The number of hydrogen-bond donors (Lipinski definition) is 1. The fraction of sp³-hybridized carbons (Fsp3) is 0.0952. The Balaban J connectivity index is 0.00000225. The molecular formula is C21H21ClNOP. The molecule has 4 heteroatoms. The molecule has 3 aromatic rings. The van der Waals surface area contributed by atoms with Crippen LogP contribution in [0.2, 0.25) is 0 Å².